The van der Waals surface area contributed by atoms with Crippen LogP contribution in [0.3, 0.4) is 0 Å². The van der Waals surface area contributed by atoms with E-state index < -0.39 is 5.41 Å². The molecule has 2 heterocycles. The monoisotopic (exact) mass is 638 g/mol. The summed E-state index contributed by atoms with van der Waals surface area (Å²) in [5.74, 6) is 2.47. The Bertz CT molecular complexity index is 2470. The number of hydrogen-bond acceptors (Lipinski definition) is 3. The standard InChI is InChI=1S/C47H30N2O/c1-3-14-31(15-4-1)42-30-43(49-46(48-42)32-16-5-2-6-17-32)35-19-13-18-33(28-35)34-26-27-41-45(29-34)50-44-25-12-11-24-40(44)47(41)38-22-9-7-20-36(38)37-21-8-10-23-39(37)47/h1-30H. The Labute approximate surface area is 291 Å². The molecule has 234 valence electrons. The lowest BCUT2D eigenvalue weighted by Crippen LogP contribution is -2.32. The fraction of sp³-hybridized carbons (Fsp3) is 0.0213. The first kappa shape index (κ1) is 28.4. The van der Waals surface area contributed by atoms with Crippen molar-refractivity contribution in [1.29, 1.82) is 0 Å². The lowest BCUT2D eigenvalue weighted by Gasteiger charge is -2.39. The molecular weight excluding hydrogens is 609 g/mol. The normalized spacial score (nSPS) is 13.1. The molecule has 0 N–H and O–H groups in total. The zero-order chi connectivity index (χ0) is 33.1. The molecule has 0 saturated heterocycles. The second kappa shape index (κ2) is 11.3. The quantitative estimate of drug-likeness (QED) is 0.192. The SMILES string of the molecule is c1ccc(-c2cc(-c3cccc(-c4ccc5c(c4)Oc4ccccc4C54c5ccccc5-c5ccccc54)c3)nc(-c3ccccc3)n2)cc1. The van der Waals surface area contributed by atoms with E-state index in [2.05, 4.69) is 146 Å². The van der Waals surface area contributed by atoms with Gasteiger partial charge in [0.05, 0.1) is 16.8 Å². The maximum absolute atomic E-state index is 6.78. The highest BCUT2D eigenvalue weighted by Gasteiger charge is 2.50. The van der Waals surface area contributed by atoms with Gasteiger partial charge >= 0.3 is 0 Å². The summed E-state index contributed by atoms with van der Waals surface area (Å²) in [4.78, 5) is 10.1. The predicted octanol–water partition coefficient (Wildman–Crippen LogP) is 11.6. The van der Waals surface area contributed by atoms with Crippen LogP contribution in [-0.4, -0.2) is 9.97 Å². The minimum atomic E-state index is -0.472. The van der Waals surface area contributed by atoms with E-state index in [0.717, 1.165) is 56.3 Å². The van der Waals surface area contributed by atoms with Gasteiger partial charge in [-0.1, -0.05) is 158 Å². The van der Waals surface area contributed by atoms with Gasteiger partial charge in [0.25, 0.3) is 0 Å². The summed E-state index contributed by atoms with van der Waals surface area (Å²) in [6.07, 6.45) is 0. The fourth-order valence-electron chi connectivity index (χ4n) is 7.97. The van der Waals surface area contributed by atoms with Crippen LogP contribution in [0.1, 0.15) is 22.3 Å². The van der Waals surface area contributed by atoms with Gasteiger partial charge in [0.2, 0.25) is 0 Å². The zero-order valence-corrected chi connectivity index (χ0v) is 27.1. The molecule has 1 spiro atoms. The molecule has 3 nitrogen and oxygen atoms in total. The number of fused-ring (bicyclic) bond motifs is 9. The zero-order valence-electron chi connectivity index (χ0n) is 27.1. The molecule has 1 aromatic heterocycles. The summed E-state index contributed by atoms with van der Waals surface area (Å²) < 4.78 is 6.78. The fourth-order valence-corrected chi connectivity index (χ4v) is 7.97. The Morgan fingerprint density at radius 3 is 1.58 bits per heavy atom. The summed E-state index contributed by atoms with van der Waals surface area (Å²) in [6.45, 7) is 0. The molecule has 2 aliphatic rings. The van der Waals surface area contributed by atoms with Crippen molar-refractivity contribution in [3.63, 3.8) is 0 Å². The summed E-state index contributed by atoms with van der Waals surface area (Å²) in [6, 6.07) is 64.1. The van der Waals surface area contributed by atoms with E-state index in [4.69, 9.17) is 14.7 Å². The molecule has 1 aliphatic heterocycles. The van der Waals surface area contributed by atoms with Gasteiger partial charge in [-0.2, -0.15) is 0 Å². The van der Waals surface area contributed by atoms with E-state index in [-0.39, 0.29) is 0 Å². The number of benzene rings is 7. The highest BCUT2D eigenvalue weighted by atomic mass is 16.5. The van der Waals surface area contributed by atoms with Crippen LogP contribution in [0.2, 0.25) is 0 Å². The van der Waals surface area contributed by atoms with Crippen molar-refractivity contribution in [2.24, 2.45) is 0 Å². The van der Waals surface area contributed by atoms with Crippen molar-refractivity contribution in [2.75, 3.05) is 0 Å². The molecule has 10 rings (SSSR count). The molecule has 0 fully saturated rings. The Morgan fingerprint density at radius 1 is 0.340 bits per heavy atom. The minimum absolute atomic E-state index is 0.472. The third kappa shape index (κ3) is 4.30. The highest BCUT2D eigenvalue weighted by molar-refractivity contribution is 5.89. The molecule has 0 bridgehead atoms. The van der Waals surface area contributed by atoms with Gasteiger partial charge in [-0.25, -0.2) is 9.97 Å². The Hall–Kier alpha value is -6.58. The average Bonchev–Trinajstić information content (AvgIpc) is 3.49. The molecule has 0 unspecified atom stereocenters. The van der Waals surface area contributed by atoms with Crippen molar-refractivity contribution in [3.05, 3.63) is 204 Å². The third-order valence-corrected chi connectivity index (χ3v) is 10.2. The number of hydrogen-bond donors (Lipinski definition) is 0. The van der Waals surface area contributed by atoms with Crippen molar-refractivity contribution in [2.45, 2.75) is 5.41 Å². The van der Waals surface area contributed by atoms with Crippen LogP contribution >= 0.6 is 0 Å². The van der Waals surface area contributed by atoms with Crippen molar-refractivity contribution in [3.8, 4) is 67.7 Å². The average molecular weight is 639 g/mol. The Balaban J connectivity index is 1.12. The number of ether oxygens (including phenoxy) is 1. The van der Waals surface area contributed by atoms with E-state index in [9.17, 15) is 0 Å². The van der Waals surface area contributed by atoms with Gasteiger partial charge in [-0.15, -0.1) is 0 Å². The molecule has 1 aliphatic carbocycles. The minimum Gasteiger partial charge on any atom is -0.457 e. The number of rotatable bonds is 4. The van der Waals surface area contributed by atoms with Crippen molar-refractivity contribution >= 4 is 0 Å². The van der Waals surface area contributed by atoms with Crippen LogP contribution < -0.4 is 4.74 Å². The smallest absolute Gasteiger partial charge is 0.160 e. The molecular formula is C47H30N2O. The van der Waals surface area contributed by atoms with Gasteiger partial charge in [0.1, 0.15) is 11.5 Å². The molecule has 50 heavy (non-hydrogen) atoms. The van der Waals surface area contributed by atoms with Crippen LogP contribution in [0.25, 0.3) is 56.2 Å². The molecule has 0 saturated carbocycles. The van der Waals surface area contributed by atoms with Crippen LogP contribution in [0, 0.1) is 0 Å². The number of aromatic nitrogens is 2. The molecule has 0 atom stereocenters. The highest BCUT2D eigenvalue weighted by Crippen LogP contribution is 2.62. The third-order valence-electron chi connectivity index (χ3n) is 10.2. The maximum atomic E-state index is 6.78. The second-order valence-corrected chi connectivity index (χ2v) is 12.9. The summed E-state index contributed by atoms with van der Waals surface area (Å²) in [5, 5.41) is 0. The topological polar surface area (TPSA) is 35.0 Å². The van der Waals surface area contributed by atoms with Gasteiger partial charge in [-0.3, -0.25) is 0 Å². The van der Waals surface area contributed by atoms with Gasteiger partial charge in [0.15, 0.2) is 5.82 Å². The van der Waals surface area contributed by atoms with E-state index in [1.54, 1.807) is 0 Å². The summed E-state index contributed by atoms with van der Waals surface area (Å²) in [5.41, 5.74) is 14.0. The van der Waals surface area contributed by atoms with Crippen molar-refractivity contribution in [1.82, 2.24) is 9.97 Å². The van der Waals surface area contributed by atoms with Gasteiger partial charge in [-0.05, 0) is 57.6 Å². The first-order chi connectivity index (χ1) is 24.8. The van der Waals surface area contributed by atoms with E-state index in [1.807, 2.05) is 36.4 Å². The first-order valence-corrected chi connectivity index (χ1v) is 17.0. The van der Waals surface area contributed by atoms with E-state index in [1.165, 1.54) is 27.8 Å². The molecule has 0 radical (unpaired) electrons. The lowest BCUT2D eigenvalue weighted by molar-refractivity contribution is 0.436. The molecule has 0 amide bonds. The largest absolute Gasteiger partial charge is 0.457 e. The van der Waals surface area contributed by atoms with Crippen LogP contribution in [0.5, 0.6) is 11.5 Å². The first-order valence-electron chi connectivity index (χ1n) is 17.0. The maximum Gasteiger partial charge on any atom is 0.160 e. The number of nitrogens with zero attached hydrogens (tertiary/aromatic N) is 2. The van der Waals surface area contributed by atoms with E-state index in [0.29, 0.717) is 5.82 Å². The van der Waals surface area contributed by atoms with Crippen LogP contribution in [-0.2, 0) is 5.41 Å². The van der Waals surface area contributed by atoms with Crippen LogP contribution in [0.4, 0.5) is 0 Å². The molecule has 7 aromatic carbocycles. The van der Waals surface area contributed by atoms with Crippen molar-refractivity contribution < 1.29 is 4.74 Å². The number of para-hydroxylation sites is 1. The second-order valence-electron chi connectivity index (χ2n) is 12.9. The lowest BCUT2D eigenvalue weighted by atomic mass is 9.66. The summed E-state index contributed by atoms with van der Waals surface area (Å²) >= 11 is 0. The van der Waals surface area contributed by atoms with Gasteiger partial charge in [0, 0.05) is 27.8 Å². The molecule has 8 aromatic rings. The molecule has 3 heteroatoms. The summed E-state index contributed by atoms with van der Waals surface area (Å²) in [7, 11) is 0. The Kier molecular flexibility index (Phi) is 6.40. The predicted molar refractivity (Wildman–Crippen MR) is 201 cm³/mol. The van der Waals surface area contributed by atoms with Gasteiger partial charge < -0.3 is 4.74 Å². The van der Waals surface area contributed by atoms with E-state index >= 15 is 0 Å². The van der Waals surface area contributed by atoms with Crippen LogP contribution in [0.15, 0.2) is 182 Å². The Morgan fingerprint density at radius 2 is 0.860 bits per heavy atom.